The number of nitrogens with zero attached hydrogens (tertiary/aromatic N) is 2. The first-order valence-electron chi connectivity index (χ1n) is 15.3. The minimum atomic E-state index is -4.09. The van der Waals surface area contributed by atoms with E-state index >= 15 is 0 Å². The smallest absolute Gasteiger partial charge is 0.265 e. The number of aryl methyl sites for hydroxylation is 1. The van der Waals surface area contributed by atoms with Gasteiger partial charge in [0.1, 0.15) is 10.6 Å². The van der Waals surface area contributed by atoms with Gasteiger partial charge in [-0.2, -0.15) is 0 Å². The van der Waals surface area contributed by atoms with Gasteiger partial charge in [-0.1, -0.05) is 42.0 Å². The fourth-order valence-corrected chi connectivity index (χ4v) is 6.37. The van der Waals surface area contributed by atoms with Crippen molar-refractivity contribution in [3.8, 4) is 16.9 Å². The summed E-state index contributed by atoms with van der Waals surface area (Å²) in [6.45, 7) is 3.16. The number of hydrogen-bond donors (Lipinski definition) is 3. The third-order valence-electron chi connectivity index (χ3n) is 7.55. The van der Waals surface area contributed by atoms with Gasteiger partial charge in [-0.3, -0.25) is 19.3 Å². The molecule has 2 amide bonds. The highest BCUT2D eigenvalue weighted by Crippen LogP contribution is 2.32. The van der Waals surface area contributed by atoms with Gasteiger partial charge in [-0.25, -0.2) is 8.42 Å². The summed E-state index contributed by atoms with van der Waals surface area (Å²) < 4.78 is 35.4. The number of carbonyl (C=O) groups excluding carboxylic acids is 2. The van der Waals surface area contributed by atoms with Crippen LogP contribution in [0.4, 0.5) is 11.4 Å². The number of ether oxygens (including phenoxy) is 1. The first kappa shape index (κ1) is 33.7. The summed E-state index contributed by atoms with van der Waals surface area (Å²) in [6, 6.07) is 29.9. The maximum atomic E-state index is 13.7. The van der Waals surface area contributed by atoms with E-state index in [1.54, 1.807) is 78.9 Å². The number of nitrogens with one attached hydrogen (secondary N) is 3. The number of hydrogen-bond acceptors (Lipinski definition) is 7. The molecule has 0 aliphatic carbocycles. The predicted octanol–water partition coefficient (Wildman–Crippen LogP) is 5.98. The normalized spacial score (nSPS) is 11.0. The van der Waals surface area contributed by atoms with Gasteiger partial charge in [0.15, 0.2) is 0 Å². The molecule has 0 radical (unpaired) electrons. The number of sulfonamides is 1. The van der Waals surface area contributed by atoms with Crippen LogP contribution in [0.3, 0.4) is 0 Å². The van der Waals surface area contributed by atoms with E-state index in [4.69, 9.17) is 4.74 Å². The number of methoxy groups -OCH3 is 1. The molecule has 0 aliphatic heterocycles. The molecule has 246 valence electrons. The molecule has 0 saturated heterocycles. The molecule has 0 spiro atoms. The molecule has 0 aliphatic rings. The molecule has 5 aromatic rings. The van der Waals surface area contributed by atoms with E-state index in [1.807, 2.05) is 49.4 Å². The summed E-state index contributed by atoms with van der Waals surface area (Å²) in [5.74, 6) is -0.155. The number of carbonyl (C=O) groups is 2. The highest BCUT2D eigenvalue weighted by molar-refractivity contribution is 7.92. The van der Waals surface area contributed by atoms with Gasteiger partial charge in [-0.15, -0.1) is 0 Å². The fourth-order valence-electron chi connectivity index (χ4n) is 5.13. The Morgan fingerprint density at radius 1 is 0.792 bits per heavy atom. The second-order valence-corrected chi connectivity index (χ2v) is 12.9. The molecule has 11 heteroatoms. The molecule has 0 bridgehead atoms. The van der Waals surface area contributed by atoms with Crippen LogP contribution in [0.1, 0.15) is 31.8 Å². The Hall–Kier alpha value is -5.68. The van der Waals surface area contributed by atoms with E-state index in [9.17, 15) is 18.0 Å². The van der Waals surface area contributed by atoms with Crippen molar-refractivity contribution in [3.05, 3.63) is 138 Å². The molecule has 3 N–H and O–H groups in total. The van der Waals surface area contributed by atoms with Crippen LogP contribution in [0, 0.1) is 6.92 Å². The fraction of sp³-hybridized carbons (Fsp3) is 0.162. The lowest BCUT2D eigenvalue weighted by Gasteiger charge is -2.18. The van der Waals surface area contributed by atoms with Crippen LogP contribution in [0.25, 0.3) is 11.1 Å². The Labute approximate surface area is 280 Å². The van der Waals surface area contributed by atoms with E-state index in [0.717, 1.165) is 11.1 Å². The van der Waals surface area contributed by atoms with Gasteiger partial charge in [0.05, 0.1) is 12.8 Å². The van der Waals surface area contributed by atoms with Crippen molar-refractivity contribution in [2.75, 3.05) is 37.3 Å². The largest absolute Gasteiger partial charge is 0.495 e. The Morgan fingerprint density at radius 2 is 1.50 bits per heavy atom. The average molecular weight is 664 g/mol. The van der Waals surface area contributed by atoms with E-state index in [-0.39, 0.29) is 22.5 Å². The maximum Gasteiger partial charge on any atom is 0.265 e. The molecule has 0 fully saturated rings. The number of rotatable bonds is 13. The van der Waals surface area contributed by atoms with Crippen molar-refractivity contribution in [2.45, 2.75) is 18.4 Å². The van der Waals surface area contributed by atoms with E-state index in [1.165, 1.54) is 13.2 Å². The Kier molecular flexibility index (Phi) is 10.7. The lowest BCUT2D eigenvalue weighted by atomic mass is 10.0. The molecule has 48 heavy (non-hydrogen) atoms. The quantitative estimate of drug-likeness (QED) is 0.132. The zero-order chi connectivity index (χ0) is 34.1. The van der Waals surface area contributed by atoms with E-state index < -0.39 is 10.0 Å². The summed E-state index contributed by atoms with van der Waals surface area (Å²) in [5, 5.41) is 6.09. The van der Waals surface area contributed by atoms with Gasteiger partial charge in [0, 0.05) is 55.9 Å². The van der Waals surface area contributed by atoms with Crippen LogP contribution in [0.2, 0.25) is 0 Å². The molecule has 4 aromatic carbocycles. The molecule has 1 heterocycles. The number of benzene rings is 4. The second kappa shape index (κ2) is 15.3. The number of pyridine rings is 1. The first-order valence-corrected chi connectivity index (χ1v) is 16.8. The summed E-state index contributed by atoms with van der Waals surface area (Å²) in [7, 11) is -0.947. The van der Waals surface area contributed by atoms with Crippen LogP contribution < -0.4 is 20.1 Å². The first-order chi connectivity index (χ1) is 23.1. The zero-order valence-corrected chi connectivity index (χ0v) is 27.8. The lowest BCUT2D eigenvalue weighted by Crippen LogP contribution is -2.28. The van der Waals surface area contributed by atoms with Crippen LogP contribution in [0.15, 0.2) is 120 Å². The van der Waals surface area contributed by atoms with Crippen molar-refractivity contribution in [3.63, 3.8) is 0 Å². The monoisotopic (exact) mass is 663 g/mol. The van der Waals surface area contributed by atoms with Gasteiger partial charge in [0.25, 0.3) is 21.8 Å². The van der Waals surface area contributed by atoms with Crippen molar-refractivity contribution in [1.29, 1.82) is 0 Å². The van der Waals surface area contributed by atoms with Gasteiger partial charge in [0.2, 0.25) is 0 Å². The van der Waals surface area contributed by atoms with Crippen molar-refractivity contribution in [1.82, 2.24) is 15.2 Å². The summed E-state index contributed by atoms with van der Waals surface area (Å²) in [4.78, 5) is 31.2. The van der Waals surface area contributed by atoms with Crippen molar-refractivity contribution >= 4 is 33.2 Å². The maximum absolute atomic E-state index is 13.7. The lowest BCUT2D eigenvalue weighted by molar-refractivity contribution is 0.0784. The molecule has 0 atom stereocenters. The predicted molar refractivity (Wildman–Crippen MR) is 188 cm³/mol. The Bertz CT molecular complexity index is 2020. The van der Waals surface area contributed by atoms with E-state index in [0.29, 0.717) is 53.3 Å². The molecular formula is C37H37N5O5S. The second-order valence-electron chi connectivity index (χ2n) is 11.2. The standard InChI is InChI=1S/C37H37N5O5S/c1-26-7-4-9-30(21-26)36(43)40-20-19-39-32-11-6-12-33(24-32)41-48(45,46)35-23-29(13-14-34(35)47-3)28-8-5-10-31(22-28)37(44)42(2)25-27-15-17-38-18-16-27/h4-18,21-24,39,41H,19-20,25H2,1-3H3,(H,40,43). The molecule has 10 nitrogen and oxygen atoms in total. The molecule has 1 aromatic heterocycles. The minimum Gasteiger partial charge on any atom is -0.495 e. The molecule has 5 rings (SSSR count). The van der Waals surface area contributed by atoms with Crippen LogP contribution in [-0.4, -0.2) is 57.4 Å². The number of amides is 2. The molecule has 0 unspecified atom stereocenters. The van der Waals surface area contributed by atoms with Gasteiger partial charge < -0.3 is 20.3 Å². The third kappa shape index (κ3) is 8.56. The summed E-state index contributed by atoms with van der Waals surface area (Å²) in [5.41, 5.74) is 5.34. The topological polar surface area (TPSA) is 130 Å². The number of anilines is 2. The van der Waals surface area contributed by atoms with Crippen molar-refractivity contribution < 1.29 is 22.7 Å². The zero-order valence-electron chi connectivity index (χ0n) is 26.9. The average Bonchev–Trinajstić information content (AvgIpc) is 3.10. The third-order valence-corrected chi connectivity index (χ3v) is 8.95. The Morgan fingerprint density at radius 3 is 2.27 bits per heavy atom. The Balaban J connectivity index is 1.27. The molecular weight excluding hydrogens is 627 g/mol. The highest BCUT2D eigenvalue weighted by atomic mass is 32.2. The van der Waals surface area contributed by atoms with Crippen LogP contribution >= 0.6 is 0 Å². The summed E-state index contributed by atoms with van der Waals surface area (Å²) >= 11 is 0. The summed E-state index contributed by atoms with van der Waals surface area (Å²) in [6.07, 6.45) is 3.37. The van der Waals surface area contributed by atoms with Crippen LogP contribution in [-0.2, 0) is 16.6 Å². The minimum absolute atomic E-state index is 0.0498. The molecule has 0 saturated carbocycles. The number of aromatic nitrogens is 1. The van der Waals surface area contributed by atoms with Crippen molar-refractivity contribution in [2.24, 2.45) is 0 Å². The highest BCUT2D eigenvalue weighted by Gasteiger charge is 2.22. The van der Waals surface area contributed by atoms with E-state index in [2.05, 4.69) is 20.3 Å². The van der Waals surface area contributed by atoms with Gasteiger partial charge >= 0.3 is 0 Å². The van der Waals surface area contributed by atoms with Gasteiger partial charge in [-0.05, 0) is 90.3 Å². The van der Waals surface area contributed by atoms with Crippen LogP contribution in [0.5, 0.6) is 5.75 Å². The SMILES string of the molecule is COc1ccc(-c2cccc(C(=O)N(C)Cc3ccncc3)c2)cc1S(=O)(=O)Nc1cccc(NCCNC(=O)c2cccc(C)c2)c1.